The summed E-state index contributed by atoms with van der Waals surface area (Å²) in [7, 11) is 0. The number of nitrogens with two attached hydrogens (primary N) is 1. The van der Waals surface area contributed by atoms with Gasteiger partial charge in [0.05, 0.1) is 59.3 Å². The molecule has 4 aliphatic rings. The molecule has 7 amide bonds. The third kappa shape index (κ3) is 17.6. The van der Waals surface area contributed by atoms with Crippen LogP contribution < -0.4 is 37.6 Å². The second-order valence-corrected chi connectivity index (χ2v) is 25.3. The maximum Gasteiger partial charge on any atom is 0.256 e. The van der Waals surface area contributed by atoms with Crippen molar-refractivity contribution in [3.63, 3.8) is 0 Å². The van der Waals surface area contributed by atoms with Gasteiger partial charge < -0.3 is 77.3 Å². The number of ether oxygens (including phenoxy) is 1. The SMILES string of the molecule is CCN(CC)CC(O)CNC(=O)c1c(C)[nH]c(/C=C2\C(=O)Nc3ccc(C(=O)N4CCOCC4)cc32)c1-c1ccc(C#N)cc1.CCN(CC)CC(O)CNC(=O)c1c(C)[nH]c(C=C2C(=O)Nc3ccc(C(=O)Nc4ccccc4)cc32)c1-c1ccc(Cl)cc1.NC(=O)c1ccc2c(c1)CCN2. The first kappa shape index (κ1) is 73.7. The predicted octanol–water partition coefficient (Wildman–Crippen LogP) is 9.83. The summed E-state index contributed by atoms with van der Waals surface area (Å²) in [6.45, 7) is 18.8. The highest BCUT2D eigenvalue weighted by molar-refractivity contribution is 6.36. The monoisotopic (exact) mass is 1400 g/mol. The molecule has 2 atom stereocenters. The summed E-state index contributed by atoms with van der Waals surface area (Å²) in [6, 6.07) is 40.9. The number of benzene rings is 6. The lowest BCUT2D eigenvalue weighted by molar-refractivity contribution is -0.111. The molecule has 6 heterocycles. The fourth-order valence-electron chi connectivity index (χ4n) is 12.7. The van der Waals surface area contributed by atoms with Gasteiger partial charge in [0.1, 0.15) is 0 Å². The van der Waals surface area contributed by atoms with Crippen LogP contribution in [0.4, 0.5) is 22.7 Å². The van der Waals surface area contributed by atoms with E-state index in [-0.39, 0.29) is 54.4 Å². The number of H-pyrrole nitrogens is 2. The Bertz CT molecular complexity index is 4540. The summed E-state index contributed by atoms with van der Waals surface area (Å²) in [6.07, 6.45) is 2.89. The van der Waals surface area contributed by atoms with Crippen molar-refractivity contribution in [2.45, 2.75) is 60.2 Å². The Balaban J connectivity index is 0.000000188. The van der Waals surface area contributed by atoms with Gasteiger partial charge in [0.2, 0.25) is 5.91 Å². The van der Waals surface area contributed by atoms with Gasteiger partial charge in [-0.1, -0.05) is 81.8 Å². The van der Waals surface area contributed by atoms with E-state index in [1.165, 1.54) is 5.56 Å². The van der Waals surface area contributed by atoms with Crippen LogP contribution in [-0.2, 0) is 20.7 Å². The van der Waals surface area contributed by atoms with E-state index in [0.29, 0.717) is 157 Å². The average Bonchev–Trinajstić information content (AvgIpc) is 1.62. The summed E-state index contributed by atoms with van der Waals surface area (Å²) in [5.74, 6) is -2.17. The second-order valence-electron chi connectivity index (χ2n) is 24.9. The minimum Gasteiger partial charge on any atom is -0.390 e. The molecule has 12 rings (SSSR count). The maximum absolute atomic E-state index is 13.6. The van der Waals surface area contributed by atoms with Crippen LogP contribution in [-0.4, -0.2) is 174 Å². The Hall–Kier alpha value is -11.0. The van der Waals surface area contributed by atoms with Crippen LogP contribution in [0.2, 0.25) is 5.02 Å². The van der Waals surface area contributed by atoms with E-state index in [9.17, 15) is 49.0 Å². The van der Waals surface area contributed by atoms with Crippen LogP contribution in [0.15, 0.2) is 133 Å². The molecule has 4 aliphatic heterocycles. The van der Waals surface area contributed by atoms with Crippen molar-refractivity contribution in [1.29, 1.82) is 5.26 Å². The highest BCUT2D eigenvalue weighted by Gasteiger charge is 2.32. The highest BCUT2D eigenvalue weighted by Crippen LogP contribution is 2.40. The molecular weight excluding hydrogens is 1310 g/mol. The van der Waals surface area contributed by atoms with Crippen LogP contribution in [0.1, 0.15) is 125 Å². The molecule has 528 valence electrons. The van der Waals surface area contributed by atoms with Crippen molar-refractivity contribution in [1.82, 2.24) is 35.3 Å². The number of halogens is 1. The number of nitrogens with zero attached hydrogens (tertiary/aromatic N) is 4. The van der Waals surface area contributed by atoms with Gasteiger partial charge in [-0.3, -0.25) is 33.6 Å². The molecule has 1 fully saturated rings. The molecule has 8 aromatic rings. The van der Waals surface area contributed by atoms with E-state index in [1.54, 1.807) is 122 Å². The molecular formula is C78H84ClN13O10. The lowest BCUT2D eigenvalue weighted by atomic mass is 9.96. The Morgan fingerprint density at radius 2 is 1.12 bits per heavy atom. The van der Waals surface area contributed by atoms with Crippen LogP contribution in [0.25, 0.3) is 45.6 Å². The van der Waals surface area contributed by atoms with E-state index in [0.717, 1.165) is 50.4 Å². The first-order valence-corrected chi connectivity index (χ1v) is 34.4. The molecule has 2 aromatic heterocycles. The maximum atomic E-state index is 13.6. The number of likely N-dealkylation sites (N-methyl/N-ethyl adjacent to an activating group) is 2. The number of aromatic nitrogens is 2. The van der Waals surface area contributed by atoms with Gasteiger partial charge in [-0.05, 0) is 166 Å². The Morgan fingerprint density at radius 3 is 1.62 bits per heavy atom. The zero-order valence-electron chi connectivity index (χ0n) is 57.8. The number of nitrogens with one attached hydrogen (secondary N) is 8. The summed E-state index contributed by atoms with van der Waals surface area (Å²) in [5.41, 5.74) is 18.6. The number of hydrogen-bond donors (Lipinski definition) is 11. The second kappa shape index (κ2) is 33.9. The third-order valence-corrected chi connectivity index (χ3v) is 18.4. The van der Waals surface area contributed by atoms with Crippen LogP contribution in [0.5, 0.6) is 0 Å². The molecule has 1 saturated heterocycles. The van der Waals surface area contributed by atoms with Gasteiger partial charge >= 0.3 is 0 Å². The summed E-state index contributed by atoms with van der Waals surface area (Å²) in [5, 5.41) is 48.6. The summed E-state index contributed by atoms with van der Waals surface area (Å²) in [4.78, 5) is 103. The van der Waals surface area contributed by atoms with Gasteiger partial charge in [-0.25, -0.2) is 0 Å². The molecule has 6 aromatic carbocycles. The van der Waals surface area contributed by atoms with Gasteiger partial charge in [0.25, 0.3) is 35.4 Å². The van der Waals surface area contributed by atoms with E-state index in [1.807, 2.05) is 70.2 Å². The number of morpholine rings is 1. The van der Waals surface area contributed by atoms with Crippen LogP contribution in [0, 0.1) is 25.2 Å². The minimum atomic E-state index is -0.749. The van der Waals surface area contributed by atoms with E-state index >= 15 is 0 Å². The normalized spacial score (nSPS) is 14.8. The van der Waals surface area contributed by atoms with Gasteiger partial charge in [0, 0.05) is 135 Å². The van der Waals surface area contributed by atoms with Crippen molar-refractivity contribution in [2.75, 3.05) is 106 Å². The van der Waals surface area contributed by atoms with Crippen molar-refractivity contribution in [2.24, 2.45) is 5.73 Å². The van der Waals surface area contributed by atoms with Crippen molar-refractivity contribution < 1.29 is 48.5 Å². The standard InChI is InChI=1S/C35H36ClN5O4.C34H38N6O5.C9H10N2O/c1-4-41(5-2)20-26(42)19-37-35(45)31-21(3)38-30(32(31)22-11-14-24(36)15-12-22)18-28-27-17-23(13-16-29(27)40-34(28)44)33(43)39-25-9-7-6-8-10-25;1-4-39(5-2)20-25(41)19-36-33(43)30-21(3)37-29(31(30)23-8-6-22(18-35)7-9-23)17-27-26-16-24(10-11-28(26)38-32(27)42)34(44)40-12-14-45-15-13-40;10-9(12)7-1-2-8-6(5-7)3-4-11-8/h6-18,26,38,42H,4-5,19-20H2,1-3H3,(H,37,45)(H,39,43)(H,40,44);6-11,16-17,25,37,41H,4-5,12-15,19-20H2,1-3H3,(H,36,43)(H,38,42);1-2,5,11H,3-4H2,(H2,10,12)/b;27-17-;. The topological polar surface area (TPSA) is 332 Å². The molecule has 24 heteroatoms. The zero-order chi connectivity index (χ0) is 72.7. The Morgan fingerprint density at radius 1 is 0.637 bits per heavy atom. The number of rotatable bonds is 22. The number of carbonyl (C=O) groups is 7. The van der Waals surface area contributed by atoms with Crippen molar-refractivity contribution in [3.05, 3.63) is 211 Å². The van der Waals surface area contributed by atoms with Gasteiger partial charge in [-0.2, -0.15) is 5.26 Å². The zero-order valence-corrected chi connectivity index (χ0v) is 58.6. The lowest BCUT2D eigenvalue weighted by Crippen LogP contribution is -2.40. The van der Waals surface area contributed by atoms with Crippen molar-refractivity contribution in [3.8, 4) is 28.3 Å². The lowest BCUT2D eigenvalue weighted by Gasteiger charge is -2.27. The summed E-state index contributed by atoms with van der Waals surface area (Å²) >= 11 is 6.18. The summed E-state index contributed by atoms with van der Waals surface area (Å²) < 4.78 is 5.38. The average molecular weight is 1400 g/mol. The quantitative estimate of drug-likeness (QED) is 0.0281. The molecule has 0 radical (unpaired) electrons. The molecule has 0 spiro atoms. The number of aliphatic hydroxyl groups is 2. The van der Waals surface area contributed by atoms with Crippen LogP contribution >= 0.6 is 11.6 Å². The highest BCUT2D eigenvalue weighted by atomic mass is 35.5. The smallest absolute Gasteiger partial charge is 0.256 e. The number of aryl methyl sites for hydroxylation is 2. The number of anilines is 4. The predicted molar refractivity (Wildman–Crippen MR) is 398 cm³/mol. The Labute approximate surface area is 597 Å². The number of hydrogen-bond acceptors (Lipinski definition) is 14. The van der Waals surface area contributed by atoms with E-state index in [2.05, 4.69) is 57.7 Å². The number of fused-ring (bicyclic) bond motifs is 3. The largest absolute Gasteiger partial charge is 0.390 e. The first-order chi connectivity index (χ1) is 49.2. The number of aromatic amines is 2. The number of aliphatic hydroxyl groups excluding tert-OH is 2. The molecule has 0 bridgehead atoms. The fourth-order valence-corrected chi connectivity index (χ4v) is 12.8. The molecule has 12 N–H and O–H groups in total. The van der Waals surface area contributed by atoms with Crippen molar-refractivity contribution >= 4 is 99.0 Å². The third-order valence-electron chi connectivity index (χ3n) is 18.2. The molecule has 0 aliphatic carbocycles. The molecule has 102 heavy (non-hydrogen) atoms. The minimum absolute atomic E-state index is 0.0684. The van der Waals surface area contributed by atoms with E-state index < -0.39 is 12.2 Å². The number of amides is 7. The van der Waals surface area contributed by atoms with Gasteiger partial charge in [-0.15, -0.1) is 0 Å². The number of carbonyl (C=O) groups excluding carboxylic acids is 7. The van der Waals surface area contributed by atoms with E-state index in [4.69, 9.17) is 22.1 Å². The first-order valence-electron chi connectivity index (χ1n) is 34.0. The number of para-hydroxylation sites is 1. The van der Waals surface area contributed by atoms with Gasteiger partial charge in [0.15, 0.2) is 0 Å². The molecule has 0 saturated carbocycles. The van der Waals surface area contributed by atoms with Crippen LogP contribution in [0.3, 0.4) is 0 Å². The Kier molecular flexibility index (Phi) is 24.5. The molecule has 2 unspecified atom stereocenters. The number of primary amides is 1. The number of nitriles is 1. The molecule has 23 nitrogen and oxygen atoms in total. The fraction of sp³-hybridized carbons (Fsp3) is 0.282.